The maximum absolute atomic E-state index is 4.24. The van der Waals surface area contributed by atoms with Crippen LogP contribution in [0.4, 0.5) is 0 Å². The van der Waals surface area contributed by atoms with E-state index in [-0.39, 0.29) is 0 Å². The third-order valence-corrected chi connectivity index (χ3v) is 3.97. The molecule has 1 aliphatic rings. The Kier molecular flexibility index (Phi) is 3.16. The molecule has 1 saturated carbocycles. The van der Waals surface area contributed by atoms with Gasteiger partial charge in [-0.05, 0) is 48.2 Å². The molecule has 21 heavy (non-hydrogen) atoms. The number of hydrogen-bond acceptors (Lipinski definition) is 3. The molecule has 2 aromatic carbocycles. The lowest BCUT2D eigenvalue weighted by Crippen LogP contribution is -2.16. The van der Waals surface area contributed by atoms with Crippen LogP contribution in [0.25, 0.3) is 16.5 Å². The van der Waals surface area contributed by atoms with E-state index in [9.17, 15) is 0 Å². The minimum absolute atomic E-state index is 0.796. The average Bonchev–Trinajstić information content (AvgIpc) is 3.23. The van der Waals surface area contributed by atoms with E-state index in [0.29, 0.717) is 0 Å². The van der Waals surface area contributed by atoms with Gasteiger partial charge in [0.25, 0.3) is 0 Å². The molecular formula is C17H18N4. The van der Waals surface area contributed by atoms with Crippen molar-refractivity contribution in [2.45, 2.75) is 19.4 Å². The van der Waals surface area contributed by atoms with Crippen LogP contribution < -0.4 is 5.32 Å². The van der Waals surface area contributed by atoms with Crippen LogP contribution in [0, 0.1) is 5.92 Å². The van der Waals surface area contributed by atoms with E-state index in [1.54, 1.807) is 0 Å². The summed E-state index contributed by atoms with van der Waals surface area (Å²) in [5.74, 6) is 0.889. The van der Waals surface area contributed by atoms with Gasteiger partial charge in [-0.15, -0.1) is 5.10 Å². The molecule has 0 spiro atoms. The van der Waals surface area contributed by atoms with Crippen molar-refractivity contribution >= 4 is 10.8 Å². The largest absolute Gasteiger partial charge is 0.311 e. The highest BCUT2D eigenvalue weighted by Crippen LogP contribution is 2.27. The van der Waals surface area contributed by atoms with Gasteiger partial charge < -0.3 is 5.32 Å². The van der Waals surface area contributed by atoms with Gasteiger partial charge >= 0.3 is 0 Å². The Morgan fingerprint density at radius 1 is 1.10 bits per heavy atom. The zero-order valence-corrected chi connectivity index (χ0v) is 11.9. The zero-order chi connectivity index (χ0) is 14.1. The van der Waals surface area contributed by atoms with Crippen LogP contribution in [0.1, 0.15) is 18.5 Å². The standard InChI is InChI=1S/C17H18N4/c1-2-4-15-9-17(8-7-14(15)3-1)21-12-16(19-20-21)11-18-10-13-5-6-13/h1-4,7-9,12-13,18H,5-6,10-11H2. The summed E-state index contributed by atoms with van der Waals surface area (Å²) in [4.78, 5) is 0. The lowest BCUT2D eigenvalue weighted by molar-refractivity contribution is 0.628. The van der Waals surface area contributed by atoms with Gasteiger partial charge in [0, 0.05) is 6.54 Å². The van der Waals surface area contributed by atoms with Crippen LogP contribution in [0.5, 0.6) is 0 Å². The number of benzene rings is 2. The maximum Gasteiger partial charge on any atom is 0.0969 e. The van der Waals surface area contributed by atoms with Gasteiger partial charge in [-0.3, -0.25) is 0 Å². The van der Waals surface area contributed by atoms with Crippen molar-refractivity contribution in [2.24, 2.45) is 5.92 Å². The molecule has 1 N–H and O–H groups in total. The van der Waals surface area contributed by atoms with E-state index in [4.69, 9.17) is 0 Å². The molecule has 4 rings (SSSR count). The van der Waals surface area contributed by atoms with Gasteiger partial charge in [-0.25, -0.2) is 4.68 Å². The molecule has 0 unspecified atom stereocenters. The predicted molar refractivity (Wildman–Crippen MR) is 83.3 cm³/mol. The molecule has 106 valence electrons. The van der Waals surface area contributed by atoms with Gasteiger partial charge in [0.2, 0.25) is 0 Å². The highest BCUT2D eigenvalue weighted by atomic mass is 15.4. The van der Waals surface area contributed by atoms with E-state index in [1.807, 2.05) is 10.9 Å². The first-order valence-electron chi connectivity index (χ1n) is 7.49. The number of fused-ring (bicyclic) bond motifs is 1. The van der Waals surface area contributed by atoms with Crippen molar-refractivity contribution in [3.63, 3.8) is 0 Å². The Balaban J connectivity index is 1.52. The van der Waals surface area contributed by atoms with Crippen LogP contribution in [-0.2, 0) is 6.54 Å². The fourth-order valence-corrected chi connectivity index (χ4v) is 2.55. The Bertz CT molecular complexity index is 758. The lowest BCUT2D eigenvalue weighted by atomic mass is 10.1. The van der Waals surface area contributed by atoms with E-state index in [2.05, 4.69) is 58.1 Å². The van der Waals surface area contributed by atoms with Crippen LogP contribution in [0.15, 0.2) is 48.7 Å². The first-order valence-corrected chi connectivity index (χ1v) is 7.49. The molecule has 0 radical (unpaired) electrons. The Morgan fingerprint density at radius 3 is 2.81 bits per heavy atom. The lowest BCUT2D eigenvalue weighted by Gasteiger charge is -2.02. The molecule has 1 aliphatic carbocycles. The first-order chi connectivity index (χ1) is 10.4. The Hall–Kier alpha value is -2.20. The topological polar surface area (TPSA) is 42.7 Å². The van der Waals surface area contributed by atoms with Crippen LogP contribution in [-0.4, -0.2) is 21.5 Å². The van der Waals surface area contributed by atoms with Crippen molar-refractivity contribution in [3.8, 4) is 5.69 Å². The van der Waals surface area contributed by atoms with Gasteiger partial charge in [0.15, 0.2) is 0 Å². The minimum Gasteiger partial charge on any atom is -0.311 e. The van der Waals surface area contributed by atoms with Crippen LogP contribution in [0.2, 0.25) is 0 Å². The number of nitrogens with one attached hydrogen (secondary N) is 1. The van der Waals surface area contributed by atoms with Crippen molar-refractivity contribution in [3.05, 3.63) is 54.4 Å². The minimum atomic E-state index is 0.796. The van der Waals surface area contributed by atoms with Crippen molar-refractivity contribution in [2.75, 3.05) is 6.54 Å². The fraction of sp³-hybridized carbons (Fsp3) is 0.294. The van der Waals surface area contributed by atoms with E-state index >= 15 is 0 Å². The molecule has 0 aliphatic heterocycles. The predicted octanol–water partition coefficient (Wildman–Crippen LogP) is 2.92. The normalized spacial score (nSPS) is 14.7. The second kappa shape index (κ2) is 5.30. The summed E-state index contributed by atoms with van der Waals surface area (Å²) < 4.78 is 1.85. The Morgan fingerprint density at radius 2 is 1.95 bits per heavy atom. The average molecular weight is 278 g/mol. The summed E-state index contributed by atoms with van der Waals surface area (Å²) in [7, 11) is 0. The van der Waals surface area contributed by atoms with E-state index in [0.717, 1.165) is 30.4 Å². The number of hydrogen-bond donors (Lipinski definition) is 1. The molecule has 1 heterocycles. The molecule has 0 saturated heterocycles. The van der Waals surface area contributed by atoms with Gasteiger partial charge in [0.1, 0.15) is 0 Å². The molecule has 4 nitrogen and oxygen atoms in total. The molecule has 1 fully saturated rings. The summed E-state index contributed by atoms with van der Waals surface area (Å²) in [5.41, 5.74) is 2.04. The van der Waals surface area contributed by atoms with Gasteiger partial charge in [-0.2, -0.15) is 0 Å². The molecule has 0 amide bonds. The number of nitrogens with zero attached hydrogens (tertiary/aromatic N) is 3. The Labute approximate surface area is 123 Å². The van der Waals surface area contributed by atoms with Crippen molar-refractivity contribution in [1.82, 2.24) is 20.3 Å². The smallest absolute Gasteiger partial charge is 0.0969 e. The summed E-state index contributed by atoms with van der Waals surface area (Å²) in [6.07, 6.45) is 4.75. The second-order valence-electron chi connectivity index (χ2n) is 5.76. The second-order valence-corrected chi connectivity index (χ2v) is 5.76. The van der Waals surface area contributed by atoms with E-state index in [1.165, 1.54) is 23.6 Å². The fourth-order valence-electron chi connectivity index (χ4n) is 2.55. The summed E-state index contributed by atoms with van der Waals surface area (Å²) in [6.45, 7) is 1.90. The summed E-state index contributed by atoms with van der Waals surface area (Å²) in [5, 5.41) is 14.4. The van der Waals surface area contributed by atoms with Gasteiger partial charge in [0.05, 0.1) is 17.6 Å². The SMILES string of the molecule is c1ccc2cc(-n3cc(CNCC4CC4)nn3)ccc2c1. The summed E-state index contributed by atoms with van der Waals surface area (Å²) >= 11 is 0. The summed E-state index contributed by atoms with van der Waals surface area (Å²) in [6, 6.07) is 14.7. The third kappa shape index (κ3) is 2.81. The van der Waals surface area contributed by atoms with Crippen LogP contribution in [0.3, 0.4) is 0 Å². The highest BCUT2D eigenvalue weighted by molar-refractivity contribution is 5.84. The van der Waals surface area contributed by atoms with Gasteiger partial charge in [-0.1, -0.05) is 35.5 Å². The van der Waals surface area contributed by atoms with Crippen molar-refractivity contribution in [1.29, 1.82) is 0 Å². The first kappa shape index (κ1) is 12.5. The molecule has 1 aromatic heterocycles. The zero-order valence-electron chi connectivity index (χ0n) is 11.9. The number of aromatic nitrogens is 3. The third-order valence-electron chi connectivity index (χ3n) is 3.97. The van der Waals surface area contributed by atoms with Crippen molar-refractivity contribution < 1.29 is 0 Å². The molecular weight excluding hydrogens is 260 g/mol. The van der Waals surface area contributed by atoms with Crippen LogP contribution >= 0.6 is 0 Å². The molecule has 0 atom stereocenters. The quantitative estimate of drug-likeness (QED) is 0.780. The monoisotopic (exact) mass is 278 g/mol. The highest BCUT2D eigenvalue weighted by Gasteiger charge is 2.20. The molecule has 4 heteroatoms. The molecule has 3 aromatic rings. The molecule has 0 bridgehead atoms. The van der Waals surface area contributed by atoms with E-state index < -0.39 is 0 Å². The maximum atomic E-state index is 4.24. The number of rotatable bonds is 5.